The predicted molar refractivity (Wildman–Crippen MR) is 124 cm³/mol. The van der Waals surface area contributed by atoms with Crippen LogP contribution in [0, 0.1) is 0 Å². The molecule has 1 unspecified atom stereocenters. The maximum absolute atomic E-state index is 13.0. The minimum Gasteiger partial charge on any atom is -0.378 e. The van der Waals surface area contributed by atoms with Gasteiger partial charge in [0.2, 0.25) is 0 Å². The number of benzene rings is 2. The van der Waals surface area contributed by atoms with Gasteiger partial charge in [-0.3, -0.25) is 9.20 Å². The van der Waals surface area contributed by atoms with Crippen LogP contribution in [0.1, 0.15) is 10.5 Å². The smallest absolute Gasteiger partial charge is 0.272 e. The van der Waals surface area contributed by atoms with Gasteiger partial charge in [0, 0.05) is 25.0 Å². The Kier molecular flexibility index (Phi) is 5.70. The fraction of sp³-hybridized carbons (Fsp3) is 0.167. The fourth-order valence-electron chi connectivity index (χ4n) is 3.70. The molecule has 32 heavy (non-hydrogen) atoms. The van der Waals surface area contributed by atoms with E-state index in [4.69, 9.17) is 4.74 Å². The summed E-state index contributed by atoms with van der Waals surface area (Å²) in [6, 6.07) is 20.9. The Morgan fingerprint density at radius 2 is 1.78 bits per heavy atom. The number of pyridine rings is 1. The van der Waals surface area contributed by atoms with Crippen molar-refractivity contribution in [2.45, 2.75) is 4.90 Å². The molecule has 1 saturated heterocycles. The molecule has 0 saturated carbocycles. The molecule has 7 nitrogen and oxygen atoms in total. The molecule has 2 aromatic heterocycles. The lowest BCUT2D eigenvalue weighted by atomic mass is 10.1. The van der Waals surface area contributed by atoms with E-state index in [0.717, 1.165) is 16.8 Å². The number of morpholine rings is 1. The Morgan fingerprint density at radius 3 is 2.59 bits per heavy atom. The second-order valence-electron chi connectivity index (χ2n) is 7.46. The number of aromatic nitrogens is 2. The Labute approximate surface area is 188 Å². The highest BCUT2D eigenvalue weighted by atomic mass is 32.2. The maximum Gasteiger partial charge on any atom is 0.272 e. The molecule has 8 heteroatoms. The van der Waals surface area contributed by atoms with Gasteiger partial charge in [-0.15, -0.1) is 0 Å². The Balaban J connectivity index is 1.44. The number of carbonyl (C=O) groups excluding carboxylic acids is 1. The van der Waals surface area contributed by atoms with Crippen molar-refractivity contribution in [1.82, 2.24) is 14.3 Å². The summed E-state index contributed by atoms with van der Waals surface area (Å²) in [5.74, 6) is -0.0557. The summed E-state index contributed by atoms with van der Waals surface area (Å²) < 4.78 is 23.0. The molecule has 3 heterocycles. The third kappa shape index (κ3) is 4.15. The van der Waals surface area contributed by atoms with Gasteiger partial charge in [-0.1, -0.05) is 30.3 Å². The molecular weight excluding hydrogens is 424 g/mol. The van der Waals surface area contributed by atoms with Gasteiger partial charge in [-0.05, 0) is 47.5 Å². The van der Waals surface area contributed by atoms with Gasteiger partial charge in [0.15, 0.2) is 0 Å². The first-order chi connectivity index (χ1) is 15.7. The van der Waals surface area contributed by atoms with Crippen LogP contribution in [0.5, 0.6) is 0 Å². The van der Waals surface area contributed by atoms with Crippen molar-refractivity contribution in [3.8, 4) is 11.1 Å². The highest BCUT2D eigenvalue weighted by molar-refractivity contribution is 7.86. The Morgan fingerprint density at radius 1 is 0.969 bits per heavy atom. The van der Waals surface area contributed by atoms with E-state index in [9.17, 15) is 9.00 Å². The average Bonchev–Trinajstić information content (AvgIpc) is 3.28. The van der Waals surface area contributed by atoms with Crippen LogP contribution < -0.4 is 4.72 Å². The summed E-state index contributed by atoms with van der Waals surface area (Å²) in [4.78, 5) is 19.8. The number of imidazole rings is 1. The highest BCUT2D eigenvalue weighted by Gasteiger charge is 2.21. The summed E-state index contributed by atoms with van der Waals surface area (Å²) in [5.41, 5.74) is 3.84. The summed E-state index contributed by atoms with van der Waals surface area (Å²) in [7, 11) is -1.39. The topological polar surface area (TPSA) is 75.9 Å². The van der Waals surface area contributed by atoms with Gasteiger partial charge in [0.1, 0.15) is 22.3 Å². The number of amides is 1. The van der Waals surface area contributed by atoms with Crippen molar-refractivity contribution < 1.29 is 13.7 Å². The van der Waals surface area contributed by atoms with E-state index < -0.39 is 11.0 Å². The molecule has 1 aliphatic heterocycles. The van der Waals surface area contributed by atoms with Crippen molar-refractivity contribution in [3.63, 3.8) is 0 Å². The molecule has 0 bridgehead atoms. The normalized spacial score (nSPS) is 14.9. The SMILES string of the molecule is O=C(c1cnc2ccc(-c3cccc(S(=O)Nc4ccccc4)c3)cn12)N1CCOCC1. The number of fused-ring (bicyclic) bond motifs is 1. The minimum absolute atomic E-state index is 0.0557. The van der Waals surface area contributed by atoms with E-state index in [2.05, 4.69) is 9.71 Å². The van der Waals surface area contributed by atoms with E-state index in [-0.39, 0.29) is 5.91 Å². The summed E-state index contributed by atoms with van der Waals surface area (Å²) >= 11 is 0. The number of hydrogen-bond donors (Lipinski definition) is 1. The van der Waals surface area contributed by atoms with Crippen LogP contribution in [0.15, 0.2) is 84.0 Å². The minimum atomic E-state index is -1.39. The summed E-state index contributed by atoms with van der Waals surface area (Å²) in [6.45, 7) is 2.26. The second kappa shape index (κ2) is 8.94. The molecular formula is C24H22N4O3S. The molecule has 1 atom stereocenters. The number of nitrogens with one attached hydrogen (secondary N) is 1. The molecule has 0 spiro atoms. The monoisotopic (exact) mass is 446 g/mol. The number of nitrogens with zero attached hydrogens (tertiary/aromatic N) is 3. The Bertz CT molecular complexity index is 1280. The van der Waals surface area contributed by atoms with Crippen LogP contribution in [0.3, 0.4) is 0 Å². The van der Waals surface area contributed by atoms with Gasteiger partial charge < -0.3 is 14.4 Å². The molecule has 1 amide bonds. The first kappa shape index (κ1) is 20.4. The molecule has 4 aromatic rings. The van der Waals surface area contributed by atoms with Crippen LogP contribution >= 0.6 is 0 Å². The lowest BCUT2D eigenvalue weighted by Gasteiger charge is -2.26. The molecule has 1 fully saturated rings. The van der Waals surface area contributed by atoms with Gasteiger partial charge >= 0.3 is 0 Å². The van der Waals surface area contributed by atoms with Gasteiger partial charge in [-0.2, -0.15) is 0 Å². The standard InChI is InChI=1S/C24H22N4O3S/c29-24(27-11-13-31-14-12-27)22-16-25-23-10-9-19(17-28(22)23)18-5-4-8-21(15-18)32(30)26-20-6-2-1-3-7-20/h1-10,15-17,26H,11-14H2. The first-order valence-electron chi connectivity index (χ1n) is 10.4. The van der Waals surface area contributed by atoms with E-state index >= 15 is 0 Å². The second-order valence-corrected chi connectivity index (χ2v) is 8.67. The van der Waals surface area contributed by atoms with Gasteiger partial charge in [0.25, 0.3) is 5.91 Å². The summed E-state index contributed by atoms with van der Waals surface area (Å²) in [5, 5.41) is 0. The number of anilines is 1. The quantitative estimate of drug-likeness (QED) is 0.508. The largest absolute Gasteiger partial charge is 0.378 e. The third-order valence-electron chi connectivity index (χ3n) is 5.39. The van der Waals surface area contributed by atoms with E-state index in [1.807, 2.05) is 77.3 Å². The van der Waals surface area contributed by atoms with Gasteiger partial charge in [0.05, 0.1) is 24.3 Å². The molecule has 5 rings (SSSR count). The zero-order valence-corrected chi connectivity index (χ0v) is 18.1. The van der Waals surface area contributed by atoms with E-state index in [1.54, 1.807) is 11.1 Å². The average molecular weight is 447 g/mol. The summed E-state index contributed by atoms with van der Waals surface area (Å²) in [6.07, 6.45) is 3.52. The van der Waals surface area contributed by atoms with Crippen molar-refractivity contribution in [2.75, 3.05) is 31.0 Å². The number of para-hydroxylation sites is 1. The van der Waals surface area contributed by atoms with Crippen molar-refractivity contribution in [1.29, 1.82) is 0 Å². The highest BCUT2D eigenvalue weighted by Crippen LogP contribution is 2.24. The number of rotatable bonds is 5. The predicted octanol–water partition coefficient (Wildman–Crippen LogP) is 3.61. The van der Waals surface area contributed by atoms with Crippen molar-refractivity contribution >= 4 is 28.2 Å². The van der Waals surface area contributed by atoms with Gasteiger partial charge in [-0.25, -0.2) is 9.19 Å². The molecule has 0 aliphatic carbocycles. The zero-order valence-electron chi connectivity index (χ0n) is 17.3. The number of hydrogen-bond acceptors (Lipinski definition) is 4. The van der Waals surface area contributed by atoms with Crippen molar-refractivity contribution in [3.05, 3.63) is 84.8 Å². The fourth-order valence-corrected chi connectivity index (χ4v) is 4.61. The van der Waals surface area contributed by atoms with Crippen LogP contribution in [-0.4, -0.2) is 50.7 Å². The molecule has 0 radical (unpaired) electrons. The lowest BCUT2D eigenvalue weighted by molar-refractivity contribution is 0.0298. The third-order valence-corrected chi connectivity index (χ3v) is 6.49. The van der Waals surface area contributed by atoms with Crippen LogP contribution in [0.2, 0.25) is 0 Å². The van der Waals surface area contributed by atoms with Crippen LogP contribution in [0.4, 0.5) is 5.69 Å². The van der Waals surface area contributed by atoms with Crippen molar-refractivity contribution in [2.24, 2.45) is 0 Å². The molecule has 2 aromatic carbocycles. The number of carbonyl (C=O) groups is 1. The van der Waals surface area contributed by atoms with Crippen LogP contribution in [0.25, 0.3) is 16.8 Å². The lowest BCUT2D eigenvalue weighted by Crippen LogP contribution is -2.41. The zero-order chi connectivity index (χ0) is 21.9. The van der Waals surface area contributed by atoms with E-state index in [0.29, 0.717) is 42.5 Å². The molecule has 162 valence electrons. The van der Waals surface area contributed by atoms with Crippen LogP contribution in [-0.2, 0) is 15.7 Å². The molecule has 1 aliphatic rings. The Hall–Kier alpha value is -3.49. The maximum atomic E-state index is 13.0. The first-order valence-corrected chi connectivity index (χ1v) is 11.5. The number of ether oxygens (including phenoxy) is 1. The molecule has 1 N–H and O–H groups in total. The van der Waals surface area contributed by atoms with E-state index in [1.165, 1.54) is 0 Å².